The minimum absolute atomic E-state index is 0.170. The number of anilines is 1. The minimum Gasteiger partial charge on any atom is -0.497 e. The van der Waals surface area contributed by atoms with E-state index in [9.17, 15) is 4.79 Å². The maximum absolute atomic E-state index is 12.5. The van der Waals surface area contributed by atoms with E-state index in [0.717, 1.165) is 37.7 Å². The van der Waals surface area contributed by atoms with Gasteiger partial charge in [0.2, 0.25) is 5.91 Å². The molecule has 2 heterocycles. The number of carbonyl (C=O) groups is 1. The third kappa shape index (κ3) is 4.54. The fourth-order valence-electron chi connectivity index (χ4n) is 3.06. The van der Waals surface area contributed by atoms with Crippen molar-refractivity contribution in [3.63, 3.8) is 0 Å². The first-order valence-electron chi connectivity index (χ1n) is 8.53. The third-order valence-corrected chi connectivity index (χ3v) is 4.48. The van der Waals surface area contributed by atoms with Gasteiger partial charge in [0.25, 0.3) is 0 Å². The summed E-state index contributed by atoms with van der Waals surface area (Å²) in [4.78, 5) is 18.7. The van der Waals surface area contributed by atoms with Crippen LogP contribution in [0.15, 0.2) is 47.1 Å². The van der Waals surface area contributed by atoms with Crippen molar-refractivity contribution < 1.29 is 13.9 Å². The number of ether oxygens (including phenoxy) is 1. The Bertz CT molecular complexity index is 662. The number of benzene rings is 1. The molecule has 0 atom stereocenters. The van der Waals surface area contributed by atoms with Crippen LogP contribution in [0.5, 0.6) is 5.75 Å². The van der Waals surface area contributed by atoms with Crippen LogP contribution in [0.3, 0.4) is 0 Å². The van der Waals surface area contributed by atoms with Crippen molar-refractivity contribution >= 4 is 11.6 Å². The molecule has 2 aromatic rings. The predicted octanol–water partition coefficient (Wildman–Crippen LogP) is 2.07. The SMILES string of the molecule is COc1ccc(N2CCN(C(=O)CN(C)Cc3ccco3)CC2)cc1. The van der Waals surface area contributed by atoms with E-state index in [1.165, 1.54) is 5.69 Å². The summed E-state index contributed by atoms with van der Waals surface area (Å²) < 4.78 is 10.5. The van der Waals surface area contributed by atoms with Crippen LogP contribution in [-0.2, 0) is 11.3 Å². The van der Waals surface area contributed by atoms with E-state index in [1.54, 1.807) is 13.4 Å². The zero-order valence-corrected chi connectivity index (χ0v) is 14.9. The van der Waals surface area contributed by atoms with Crippen molar-refractivity contribution in [2.24, 2.45) is 0 Å². The van der Waals surface area contributed by atoms with E-state index >= 15 is 0 Å². The fourth-order valence-corrected chi connectivity index (χ4v) is 3.06. The highest BCUT2D eigenvalue weighted by atomic mass is 16.5. The molecule has 0 unspecified atom stereocenters. The standard InChI is InChI=1S/C19H25N3O3/c1-20(14-18-4-3-13-25-18)15-19(23)22-11-9-21(10-12-22)16-5-7-17(24-2)8-6-16/h3-8,13H,9-12,14-15H2,1-2H3. The van der Waals surface area contributed by atoms with Crippen molar-refractivity contribution in [2.45, 2.75) is 6.54 Å². The summed E-state index contributed by atoms with van der Waals surface area (Å²) >= 11 is 0. The van der Waals surface area contributed by atoms with Gasteiger partial charge in [0.1, 0.15) is 11.5 Å². The number of carbonyl (C=O) groups excluding carboxylic acids is 1. The van der Waals surface area contributed by atoms with Gasteiger partial charge in [-0.1, -0.05) is 0 Å². The van der Waals surface area contributed by atoms with Crippen LogP contribution in [-0.4, -0.2) is 62.6 Å². The predicted molar refractivity (Wildman–Crippen MR) is 96.8 cm³/mol. The van der Waals surface area contributed by atoms with Crippen LogP contribution in [0.25, 0.3) is 0 Å². The van der Waals surface area contributed by atoms with Gasteiger partial charge in [-0.2, -0.15) is 0 Å². The van der Waals surface area contributed by atoms with Crippen LogP contribution in [0.2, 0.25) is 0 Å². The molecule has 0 bridgehead atoms. The van der Waals surface area contributed by atoms with Gasteiger partial charge >= 0.3 is 0 Å². The van der Waals surface area contributed by atoms with Crippen molar-refractivity contribution in [1.29, 1.82) is 0 Å². The molecular formula is C19H25N3O3. The highest BCUT2D eigenvalue weighted by Crippen LogP contribution is 2.20. The summed E-state index contributed by atoms with van der Waals surface area (Å²) in [6, 6.07) is 11.9. The second-order valence-electron chi connectivity index (χ2n) is 6.32. The van der Waals surface area contributed by atoms with Gasteiger partial charge in [-0.3, -0.25) is 9.69 Å². The van der Waals surface area contributed by atoms with Gasteiger partial charge < -0.3 is 19.0 Å². The zero-order chi connectivity index (χ0) is 17.6. The molecule has 1 aromatic carbocycles. The lowest BCUT2D eigenvalue weighted by atomic mass is 10.2. The average molecular weight is 343 g/mol. The van der Waals surface area contributed by atoms with Crippen molar-refractivity contribution in [3.8, 4) is 5.75 Å². The van der Waals surface area contributed by atoms with Gasteiger partial charge in [-0.25, -0.2) is 0 Å². The molecule has 1 amide bonds. The Morgan fingerprint density at radius 1 is 1.16 bits per heavy atom. The Kier molecular flexibility index (Phi) is 5.60. The largest absolute Gasteiger partial charge is 0.497 e. The van der Waals surface area contributed by atoms with Crippen LogP contribution in [0.1, 0.15) is 5.76 Å². The zero-order valence-electron chi connectivity index (χ0n) is 14.9. The van der Waals surface area contributed by atoms with Crippen molar-refractivity contribution in [1.82, 2.24) is 9.80 Å². The van der Waals surface area contributed by atoms with Crippen LogP contribution >= 0.6 is 0 Å². The lowest BCUT2D eigenvalue weighted by Crippen LogP contribution is -2.51. The summed E-state index contributed by atoms with van der Waals surface area (Å²) in [5.74, 6) is 1.90. The number of furan rings is 1. The average Bonchev–Trinajstić information content (AvgIpc) is 3.14. The first-order chi connectivity index (χ1) is 12.2. The number of rotatable bonds is 6. The molecule has 0 aliphatic carbocycles. The molecule has 1 saturated heterocycles. The quantitative estimate of drug-likeness (QED) is 0.804. The summed E-state index contributed by atoms with van der Waals surface area (Å²) in [6.07, 6.45) is 1.66. The summed E-state index contributed by atoms with van der Waals surface area (Å²) in [7, 11) is 3.61. The first-order valence-corrected chi connectivity index (χ1v) is 8.53. The lowest BCUT2D eigenvalue weighted by Gasteiger charge is -2.36. The number of hydrogen-bond acceptors (Lipinski definition) is 5. The molecule has 1 aromatic heterocycles. The van der Waals surface area contributed by atoms with Crippen LogP contribution < -0.4 is 9.64 Å². The molecule has 0 N–H and O–H groups in total. The molecule has 3 rings (SSSR count). The monoisotopic (exact) mass is 343 g/mol. The molecule has 1 fully saturated rings. The number of methoxy groups -OCH3 is 1. The smallest absolute Gasteiger partial charge is 0.236 e. The van der Waals surface area contributed by atoms with Gasteiger partial charge in [-0.05, 0) is 43.4 Å². The second-order valence-corrected chi connectivity index (χ2v) is 6.32. The molecule has 25 heavy (non-hydrogen) atoms. The second kappa shape index (κ2) is 8.07. The number of piperazine rings is 1. The first kappa shape index (κ1) is 17.4. The maximum Gasteiger partial charge on any atom is 0.236 e. The van der Waals surface area contributed by atoms with E-state index < -0.39 is 0 Å². The molecule has 6 nitrogen and oxygen atoms in total. The fraction of sp³-hybridized carbons (Fsp3) is 0.421. The summed E-state index contributed by atoms with van der Waals surface area (Å²) in [5, 5.41) is 0. The maximum atomic E-state index is 12.5. The lowest BCUT2D eigenvalue weighted by molar-refractivity contribution is -0.132. The van der Waals surface area contributed by atoms with Crippen molar-refractivity contribution in [2.75, 3.05) is 51.8 Å². The Balaban J connectivity index is 1.46. The van der Waals surface area contributed by atoms with E-state index in [2.05, 4.69) is 17.0 Å². The van der Waals surface area contributed by atoms with Gasteiger partial charge in [-0.15, -0.1) is 0 Å². The Labute approximate surface area is 148 Å². The normalized spacial score (nSPS) is 14.8. The molecule has 0 radical (unpaired) electrons. The van der Waals surface area contributed by atoms with Gasteiger partial charge in [0.05, 0.1) is 26.5 Å². The molecular weight excluding hydrogens is 318 g/mol. The summed E-state index contributed by atoms with van der Waals surface area (Å²) in [6.45, 7) is 4.24. The number of likely N-dealkylation sites (N-methyl/N-ethyl adjacent to an activating group) is 1. The van der Waals surface area contributed by atoms with E-state index in [4.69, 9.17) is 9.15 Å². The van der Waals surface area contributed by atoms with Crippen LogP contribution in [0.4, 0.5) is 5.69 Å². The van der Waals surface area contributed by atoms with Crippen molar-refractivity contribution in [3.05, 3.63) is 48.4 Å². The molecule has 0 spiro atoms. The Morgan fingerprint density at radius 2 is 1.88 bits per heavy atom. The number of amides is 1. The highest BCUT2D eigenvalue weighted by Gasteiger charge is 2.22. The van der Waals surface area contributed by atoms with E-state index in [1.807, 2.05) is 41.1 Å². The highest BCUT2D eigenvalue weighted by molar-refractivity contribution is 5.78. The van der Waals surface area contributed by atoms with E-state index in [-0.39, 0.29) is 5.91 Å². The molecule has 6 heteroatoms. The van der Waals surface area contributed by atoms with Crippen LogP contribution in [0, 0.1) is 0 Å². The topological polar surface area (TPSA) is 49.2 Å². The summed E-state index contributed by atoms with van der Waals surface area (Å²) in [5.41, 5.74) is 1.17. The number of nitrogens with zero attached hydrogens (tertiary/aromatic N) is 3. The molecule has 1 aliphatic heterocycles. The third-order valence-electron chi connectivity index (χ3n) is 4.48. The van der Waals surface area contributed by atoms with Gasteiger partial charge in [0, 0.05) is 31.9 Å². The van der Waals surface area contributed by atoms with E-state index in [0.29, 0.717) is 13.1 Å². The Hall–Kier alpha value is -2.47. The minimum atomic E-state index is 0.170. The van der Waals surface area contributed by atoms with Gasteiger partial charge in [0.15, 0.2) is 0 Å². The molecule has 1 aliphatic rings. The number of hydrogen-bond donors (Lipinski definition) is 0. The Morgan fingerprint density at radius 3 is 2.48 bits per heavy atom. The molecule has 134 valence electrons. The molecule has 0 saturated carbocycles.